The van der Waals surface area contributed by atoms with Crippen LogP contribution in [0.2, 0.25) is 0 Å². The maximum Gasteiger partial charge on any atom is 0.322 e. The van der Waals surface area contributed by atoms with E-state index in [0.717, 1.165) is 0 Å². The minimum absolute atomic E-state index is 0.0127. The van der Waals surface area contributed by atoms with E-state index in [2.05, 4.69) is 0 Å². The summed E-state index contributed by atoms with van der Waals surface area (Å²) in [5, 5.41) is 23.4. The van der Waals surface area contributed by atoms with Crippen LogP contribution in [0, 0.1) is 0 Å². The molecule has 0 fully saturated rings. The van der Waals surface area contributed by atoms with Crippen molar-refractivity contribution in [3.05, 3.63) is 0 Å². The second-order valence-corrected chi connectivity index (χ2v) is 2.10. The smallest absolute Gasteiger partial charge is 0.322 e. The quantitative estimate of drug-likeness (QED) is 0.207. The molecule has 0 aliphatic heterocycles. The van der Waals surface area contributed by atoms with Crippen LogP contribution in [0.15, 0.2) is 0 Å². The minimum atomic E-state index is -1.14. The molecule has 0 aromatic carbocycles. The summed E-state index contributed by atoms with van der Waals surface area (Å²) in [5.41, 5.74) is 1.99. The topological polar surface area (TPSA) is 150 Å². The number of carboxylic acid groups (broad SMARTS) is 3. The van der Waals surface area contributed by atoms with Crippen molar-refractivity contribution in [2.75, 3.05) is 0 Å². The van der Waals surface area contributed by atoms with Gasteiger partial charge >= 0.3 is 11.9 Å². The van der Waals surface area contributed by atoms with Crippen LogP contribution in [0.25, 0.3) is 0 Å². The van der Waals surface area contributed by atoms with Crippen LogP contribution in [0.1, 0.15) is 12.8 Å². The van der Waals surface area contributed by atoms with Crippen LogP contribution in [0.4, 0.5) is 0 Å². The maximum absolute atomic E-state index is 10.2. The lowest BCUT2D eigenvalue weighted by Crippen LogP contribution is -2.41. The molecule has 0 unspecified atom stereocenters. The molecule has 0 amide bonds. The summed E-state index contributed by atoms with van der Waals surface area (Å²) in [6.45, 7) is -0.250. The van der Waals surface area contributed by atoms with Gasteiger partial charge in [0.05, 0.1) is 0 Å². The Kier molecular flexibility index (Phi) is 9.98. The van der Waals surface area contributed by atoms with E-state index in [0.29, 0.717) is 0 Å². The Labute approximate surface area is 79.3 Å². The molecule has 8 nitrogen and oxygen atoms in total. The van der Waals surface area contributed by atoms with Gasteiger partial charge in [0.1, 0.15) is 6.04 Å². The highest BCUT2D eigenvalue weighted by Gasteiger charge is 2.15. The first kappa shape index (κ1) is 14.8. The van der Waals surface area contributed by atoms with E-state index < -0.39 is 18.0 Å². The summed E-state index contributed by atoms with van der Waals surface area (Å²) in [4.78, 5) is 28.5. The monoisotopic (exact) mass is 208 g/mol. The Bertz CT molecular complexity index is 195. The molecule has 0 aliphatic rings. The van der Waals surface area contributed by atoms with Crippen LogP contribution in [0.3, 0.4) is 0 Å². The number of carbonyl (C=O) groups is 3. The van der Waals surface area contributed by atoms with Gasteiger partial charge in [0.2, 0.25) is 0 Å². The highest BCUT2D eigenvalue weighted by atomic mass is 16.4. The van der Waals surface area contributed by atoms with Crippen molar-refractivity contribution >= 4 is 18.4 Å². The Balaban J connectivity index is 0. The highest BCUT2D eigenvalue weighted by Crippen LogP contribution is 1.95. The zero-order valence-corrected chi connectivity index (χ0v) is 7.21. The molecule has 1 atom stereocenters. The van der Waals surface area contributed by atoms with E-state index in [9.17, 15) is 9.59 Å². The van der Waals surface area contributed by atoms with E-state index in [4.69, 9.17) is 26.0 Å². The lowest BCUT2D eigenvalue weighted by Gasteiger charge is -2.07. The number of hydrogen-bond acceptors (Lipinski definition) is 5. The number of rotatable bonds is 5. The van der Waals surface area contributed by atoms with E-state index in [-0.39, 0.29) is 19.3 Å². The minimum Gasteiger partial charge on any atom is -0.483 e. The first-order chi connectivity index (χ1) is 6.49. The van der Waals surface area contributed by atoms with Gasteiger partial charge in [-0.3, -0.25) is 20.2 Å². The molecule has 14 heavy (non-hydrogen) atoms. The van der Waals surface area contributed by atoms with Gasteiger partial charge < -0.3 is 15.3 Å². The molecule has 82 valence electrons. The van der Waals surface area contributed by atoms with Crippen molar-refractivity contribution in [1.29, 1.82) is 0 Å². The molecule has 0 aromatic heterocycles. The fourth-order valence-corrected chi connectivity index (χ4v) is 0.546. The Morgan fingerprint density at radius 2 is 1.86 bits per heavy atom. The summed E-state index contributed by atoms with van der Waals surface area (Å²) in [7, 11) is 0. The molecule has 0 heterocycles. The number of hydrogen-bond donors (Lipinski definition) is 5. The van der Waals surface area contributed by atoms with Crippen LogP contribution in [-0.4, -0.2) is 39.8 Å². The van der Waals surface area contributed by atoms with Gasteiger partial charge in [-0.25, -0.2) is 5.43 Å². The van der Waals surface area contributed by atoms with Crippen molar-refractivity contribution in [2.24, 2.45) is 5.84 Å². The molecule has 0 bridgehead atoms. The van der Waals surface area contributed by atoms with Crippen molar-refractivity contribution in [1.82, 2.24) is 5.43 Å². The number of aliphatic carboxylic acids is 2. The fourth-order valence-electron chi connectivity index (χ4n) is 0.546. The van der Waals surface area contributed by atoms with E-state index in [1.54, 1.807) is 0 Å². The Morgan fingerprint density at radius 3 is 2.07 bits per heavy atom. The van der Waals surface area contributed by atoms with Gasteiger partial charge in [-0.1, -0.05) is 0 Å². The second-order valence-electron chi connectivity index (χ2n) is 2.10. The fraction of sp³-hybridized carbons (Fsp3) is 0.500. The third-order valence-corrected chi connectivity index (χ3v) is 1.15. The molecular formula is C6H12N2O6. The summed E-state index contributed by atoms with van der Waals surface area (Å²) in [6, 6.07) is -0.980. The molecular weight excluding hydrogens is 196 g/mol. The first-order valence-electron chi connectivity index (χ1n) is 3.48. The summed E-state index contributed by atoms with van der Waals surface area (Å²) >= 11 is 0. The second kappa shape index (κ2) is 9.42. The van der Waals surface area contributed by atoms with Gasteiger partial charge in [-0.05, 0) is 6.42 Å². The predicted octanol–water partition coefficient (Wildman–Crippen LogP) is -1.53. The lowest BCUT2D eigenvalue weighted by atomic mass is 10.2. The standard InChI is InChI=1S/C5H10N2O4.CH2O2/c6-7-3(5(10)11)1-2-4(8)9;2-1-3/h3,7H,1-2,6H2,(H,8,9)(H,10,11);1H,(H,2,3)/t3-;/m0./s1. The normalized spacial score (nSPS) is 10.6. The zero-order chi connectivity index (χ0) is 11.6. The third kappa shape index (κ3) is 10.3. The molecule has 8 heteroatoms. The zero-order valence-electron chi connectivity index (χ0n) is 7.21. The molecule has 0 aromatic rings. The molecule has 0 saturated heterocycles. The average molecular weight is 208 g/mol. The summed E-state index contributed by atoms with van der Waals surface area (Å²) < 4.78 is 0. The molecule has 0 aliphatic carbocycles. The largest absolute Gasteiger partial charge is 0.483 e. The predicted molar refractivity (Wildman–Crippen MR) is 44.3 cm³/mol. The van der Waals surface area contributed by atoms with E-state index >= 15 is 0 Å². The van der Waals surface area contributed by atoms with Gasteiger partial charge in [0.15, 0.2) is 0 Å². The molecule has 0 spiro atoms. The first-order valence-corrected chi connectivity index (χ1v) is 3.48. The average Bonchev–Trinajstić information content (AvgIpc) is 2.05. The van der Waals surface area contributed by atoms with Crippen LogP contribution >= 0.6 is 0 Å². The van der Waals surface area contributed by atoms with Crippen LogP contribution in [-0.2, 0) is 14.4 Å². The van der Waals surface area contributed by atoms with Gasteiger partial charge in [0, 0.05) is 6.42 Å². The van der Waals surface area contributed by atoms with Gasteiger partial charge in [0.25, 0.3) is 6.47 Å². The van der Waals surface area contributed by atoms with Crippen molar-refractivity contribution in [2.45, 2.75) is 18.9 Å². The number of nitrogens with one attached hydrogen (secondary N) is 1. The van der Waals surface area contributed by atoms with Crippen LogP contribution < -0.4 is 11.3 Å². The van der Waals surface area contributed by atoms with Gasteiger partial charge in [-0.2, -0.15) is 0 Å². The summed E-state index contributed by atoms with van der Waals surface area (Å²) in [5.74, 6) is 2.66. The lowest BCUT2D eigenvalue weighted by molar-refractivity contribution is -0.140. The third-order valence-electron chi connectivity index (χ3n) is 1.15. The number of nitrogens with two attached hydrogens (primary N) is 1. The molecule has 0 saturated carbocycles. The highest BCUT2D eigenvalue weighted by molar-refractivity contribution is 5.74. The van der Waals surface area contributed by atoms with Crippen molar-refractivity contribution < 1.29 is 29.7 Å². The molecule has 0 rings (SSSR count). The van der Waals surface area contributed by atoms with Crippen molar-refractivity contribution in [3.8, 4) is 0 Å². The maximum atomic E-state index is 10.2. The Morgan fingerprint density at radius 1 is 1.43 bits per heavy atom. The number of hydrazine groups is 1. The number of carboxylic acids is 2. The van der Waals surface area contributed by atoms with Crippen molar-refractivity contribution in [3.63, 3.8) is 0 Å². The molecule has 0 radical (unpaired) electrons. The van der Waals surface area contributed by atoms with Crippen LogP contribution in [0.5, 0.6) is 0 Å². The molecule has 6 N–H and O–H groups in total. The van der Waals surface area contributed by atoms with Gasteiger partial charge in [-0.15, -0.1) is 0 Å². The SMILES string of the molecule is NN[C@@H](CCC(=O)O)C(=O)O.O=CO. The summed E-state index contributed by atoms with van der Waals surface area (Å²) in [6.07, 6.45) is -0.220. The Hall–Kier alpha value is -1.67. The van der Waals surface area contributed by atoms with E-state index in [1.807, 2.05) is 5.43 Å². The van der Waals surface area contributed by atoms with E-state index in [1.165, 1.54) is 0 Å².